The molecule has 3 heterocycles. The molecule has 1 unspecified atom stereocenters. The van der Waals surface area contributed by atoms with Crippen LogP contribution in [0.2, 0.25) is 0 Å². The van der Waals surface area contributed by atoms with Crippen LogP contribution in [0.3, 0.4) is 0 Å². The van der Waals surface area contributed by atoms with Crippen molar-refractivity contribution in [3.05, 3.63) is 22.4 Å². The average molecular weight is 264 g/mol. The van der Waals surface area contributed by atoms with Gasteiger partial charge in [-0.2, -0.15) is 11.3 Å². The predicted octanol–water partition coefficient (Wildman–Crippen LogP) is 2.38. The van der Waals surface area contributed by atoms with Gasteiger partial charge in [0.1, 0.15) is 0 Å². The molecule has 1 atom stereocenters. The molecule has 1 amide bonds. The third-order valence-corrected chi connectivity index (χ3v) is 4.84. The van der Waals surface area contributed by atoms with Crippen molar-refractivity contribution in [1.29, 1.82) is 0 Å². The quantitative estimate of drug-likeness (QED) is 0.889. The molecule has 4 heteroatoms. The van der Waals surface area contributed by atoms with E-state index in [0.717, 1.165) is 38.9 Å². The van der Waals surface area contributed by atoms with E-state index >= 15 is 0 Å². The van der Waals surface area contributed by atoms with Gasteiger partial charge in [-0.15, -0.1) is 0 Å². The van der Waals surface area contributed by atoms with E-state index in [1.807, 2.05) is 0 Å². The molecule has 1 aromatic rings. The number of piperidine rings is 2. The van der Waals surface area contributed by atoms with Crippen LogP contribution in [-0.2, 0) is 11.3 Å². The number of thiophene rings is 1. The van der Waals surface area contributed by atoms with Gasteiger partial charge in [0, 0.05) is 19.5 Å². The molecule has 0 bridgehead atoms. The largest absolute Gasteiger partial charge is 0.349 e. The van der Waals surface area contributed by atoms with Crippen molar-refractivity contribution < 1.29 is 4.79 Å². The van der Waals surface area contributed by atoms with Crippen LogP contribution in [0.4, 0.5) is 0 Å². The van der Waals surface area contributed by atoms with E-state index in [4.69, 9.17) is 0 Å². The molecule has 1 spiro atoms. The number of likely N-dealkylation sites (tertiary alicyclic amines) is 1. The Bertz CT molecular complexity index is 413. The molecular formula is C14H20N2OS. The van der Waals surface area contributed by atoms with Gasteiger partial charge in [0.05, 0.1) is 5.54 Å². The number of hydrogen-bond acceptors (Lipinski definition) is 3. The Morgan fingerprint density at radius 1 is 1.39 bits per heavy atom. The van der Waals surface area contributed by atoms with Gasteiger partial charge in [0.15, 0.2) is 0 Å². The minimum atomic E-state index is 0.0730. The normalized spacial score (nSPS) is 29.4. The predicted molar refractivity (Wildman–Crippen MR) is 73.6 cm³/mol. The fourth-order valence-electron chi connectivity index (χ4n) is 3.32. The molecule has 0 saturated carbocycles. The summed E-state index contributed by atoms with van der Waals surface area (Å²) in [6, 6.07) is 2.20. The second-order valence-corrected chi connectivity index (χ2v) is 6.41. The summed E-state index contributed by atoms with van der Waals surface area (Å²) in [5.41, 5.74) is 1.48. The number of rotatable bonds is 2. The molecule has 2 saturated heterocycles. The zero-order valence-electron chi connectivity index (χ0n) is 10.7. The van der Waals surface area contributed by atoms with Crippen molar-refractivity contribution in [2.24, 2.45) is 0 Å². The first-order valence-corrected chi connectivity index (χ1v) is 7.75. The van der Waals surface area contributed by atoms with Crippen molar-refractivity contribution in [2.45, 2.75) is 44.2 Å². The molecule has 98 valence electrons. The Labute approximate surface area is 112 Å². The number of carbonyl (C=O) groups is 1. The highest BCUT2D eigenvalue weighted by atomic mass is 32.1. The first kappa shape index (κ1) is 12.2. The summed E-state index contributed by atoms with van der Waals surface area (Å²) in [4.78, 5) is 14.1. The SMILES string of the molecule is O=C1CCCC2(CCCN(Cc3ccsc3)C2)N1. The van der Waals surface area contributed by atoms with Crippen molar-refractivity contribution in [1.82, 2.24) is 10.2 Å². The minimum absolute atomic E-state index is 0.0730. The molecule has 2 fully saturated rings. The van der Waals surface area contributed by atoms with Crippen LogP contribution < -0.4 is 5.32 Å². The Kier molecular flexibility index (Phi) is 3.39. The van der Waals surface area contributed by atoms with Gasteiger partial charge in [0.25, 0.3) is 0 Å². The van der Waals surface area contributed by atoms with Crippen LogP contribution in [0, 0.1) is 0 Å². The van der Waals surface area contributed by atoms with Gasteiger partial charge in [-0.05, 0) is 54.6 Å². The molecular weight excluding hydrogens is 244 g/mol. The smallest absolute Gasteiger partial charge is 0.220 e. The Hall–Kier alpha value is -0.870. The van der Waals surface area contributed by atoms with Crippen molar-refractivity contribution in [3.63, 3.8) is 0 Å². The lowest BCUT2D eigenvalue weighted by Gasteiger charge is -2.45. The van der Waals surface area contributed by atoms with Crippen molar-refractivity contribution in [2.75, 3.05) is 13.1 Å². The number of amides is 1. The molecule has 1 aromatic heterocycles. The monoisotopic (exact) mass is 264 g/mol. The fraction of sp³-hybridized carbons (Fsp3) is 0.643. The highest BCUT2D eigenvalue weighted by molar-refractivity contribution is 7.07. The molecule has 0 aromatic carbocycles. The second-order valence-electron chi connectivity index (χ2n) is 5.63. The molecule has 18 heavy (non-hydrogen) atoms. The van der Waals surface area contributed by atoms with Gasteiger partial charge < -0.3 is 5.32 Å². The van der Waals surface area contributed by atoms with E-state index in [-0.39, 0.29) is 11.4 Å². The van der Waals surface area contributed by atoms with Gasteiger partial charge in [-0.1, -0.05) is 0 Å². The van der Waals surface area contributed by atoms with Gasteiger partial charge in [0.2, 0.25) is 5.91 Å². The van der Waals surface area contributed by atoms with E-state index in [2.05, 4.69) is 27.0 Å². The molecule has 3 rings (SSSR count). The maximum Gasteiger partial charge on any atom is 0.220 e. The van der Waals surface area contributed by atoms with Crippen LogP contribution in [0.5, 0.6) is 0 Å². The summed E-state index contributed by atoms with van der Waals surface area (Å²) in [5.74, 6) is 0.249. The van der Waals surface area contributed by atoms with Gasteiger partial charge >= 0.3 is 0 Å². The summed E-state index contributed by atoms with van der Waals surface area (Å²) >= 11 is 1.76. The van der Waals surface area contributed by atoms with E-state index in [0.29, 0.717) is 6.42 Å². The first-order valence-electron chi connectivity index (χ1n) is 6.80. The van der Waals surface area contributed by atoms with Crippen LogP contribution in [0.1, 0.15) is 37.7 Å². The van der Waals surface area contributed by atoms with Gasteiger partial charge in [-0.25, -0.2) is 0 Å². The number of carbonyl (C=O) groups excluding carboxylic acids is 1. The maximum absolute atomic E-state index is 11.6. The number of nitrogens with one attached hydrogen (secondary N) is 1. The lowest BCUT2D eigenvalue weighted by Crippen LogP contribution is -2.60. The van der Waals surface area contributed by atoms with E-state index in [1.54, 1.807) is 11.3 Å². The van der Waals surface area contributed by atoms with Crippen LogP contribution in [-0.4, -0.2) is 29.4 Å². The Balaban J connectivity index is 1.66. The molecule has 0 radical (unpaired) electrons. The highest BCUT2D eigenvalue weighted by Gasteiger charge is 2.38. The Morgan fingerprint density at radius 2 is 2.28 bits per heavy atom. The molecule has 2 aliphatic heterocycles. The summed E-state index contributed by atoms with van der Waals surface area (Å²) in [6.07, 6.45) is 5.27. The summed E-state index contributed by atoms with van der Waals surface area (Å²) in [7, 11) is 0. The summed E-state index contributed by atoms with van der Waals surface area (Å²) in [6.45, 7) is 3.21. The molecule has 1 N–H and O–H groups in total. The van der Waals surface area contributed by atoms with Crippen LogP contribution >= 0.6 is 11.3 Å². The van der Waals surface area contributed by atoms with E-state index in [9.17, 15) is 4.79 Å². The summed E-state index contributed by atoms with van der Waals surface area (Å²) in [5, 5.41) is 7.62. The first-order chi connectivity index (χ1) is 8.76. The van der Waals surface area contributed by atoms with Gasteiger partial charge in [-0.3, -0.25) is 9.69 Å². The lowest BCUT2D eigenvalue weighted by atomic mass is 9.81. The standard InChI is InChI=1S/C14H20N2OS/c17-13-3-1-5-14(15-13)6-2-7-16(11-14)9-12-4-8-18-10-12/h4,8,10H,1-3,5-7,9,11H2,(H,15,17). The summed E-state index contributed by atoms with van der Waals surface area (Å²) < 4.78 is 0. The van der Waals surface area contributed by atoms with Crippen LogP contribution in [0.15, 0.2) is 16.8 Å². The van der Waals surface area contributed by atoms with Crippen LogP contribution in [0.25, 0.3) is 0 Å². The zero-order valence-corrected chi connectivity index (χ0v) is 11.5. The van der Waals surface area contributed by atoms with E-state index in [1.165, 1.54) is 12.0 Å². The third kappa shape index (κ3) is 2.59. The Morgan fingerprint density at radius 3 is 3.06 bits per heavy atom. The maximum atomic E-state index is 11.6. The molecule has 2 aliphatic rings. The van der Waals surface area contributed by atoms with E-state index < -0.39 is 0 Å². The number of nitrogens with zero attached hydrogens (tertiary/aromatic N) is 1. The minimum Gasteiger partial charge on any atom is -0.349 e. The molecule has 3 nitrogen and oxygen atoms in total. The highest BCUT2D eigenvalue weighted by Crippen LogP contribution is 2.30. The molecule has 0 aliphatic carbocycles. The van der Waals surface area contributed by atoms with Crippen molar-refractivity contribution in [3.8, 4) is 0 Å². The van der Waals surface area contributed by atoms with Crippen molar-refractivity contribution >= 4 is 17.2 Å². The zero-order chi connectivity index (χ0) is 12.4. The topological polar surface area (TPSA) is 32.3 Å². The number of hydrogen-bond donors (Lipinski definition) is 1. The second kappa shape index (κ2) is 5.02. The third-order valence-electron chi connectivity index (χ3n) is 4.11. The fourth-order valence-corrected chi connectivity index (χ4v) is 3.98. The lowest BCUT2D eigenvalue weighted by molar-refractivity contribution is -0.126. The average Bonchev–Trinajstić information content (AvgIpc) is 2.81.